The van der Waals surface area contributed by atoms with Crippen LogP contribution in [-0.4, -0.2) is 12.7 Å². The third-order valence-electron chi connectivity index (χ3n) is 5.09. The van der Waals surface area contributed by atoms with Gasteiger partial charge in [0.25, 0.3) is 0 Å². The van der Waals surface area contributed by atoms with Crippen molar-refractivity contribution in [2.24, 2.45) is 29.6 Å². The fraction of sp³-hybridized carbons (Fsp3) is 1.00. The Balaban J connectivity index is 1.60. The van der Waals surface area contributed by atoms with Crippen LogP contribution >= 0.6 is 11.6 Å². The lowest BCUT2D eigenvalue weighted by Gasteiger charge is -2.54. The second-order valence-electron chi connectivity index (χ2n) is 5.90. The number of hydrogen-bond acceptors (Lipinski definition) is 1. The molecule has 1 nitrogen and oxygen atoms in total. The first-order valence-electron chi connectivity index (χ1n) is 6.50. The van der Waals surface area contributed by atoms with Crippen molar-refractivity contribution in [3.05, 3.63) is 0 Å². The summed E-state index contributed by atoms with van der Waals surface area (Å²) in [6.07, 6.45) is 8.92. The fourth-order valence-electron chi connectivity index (χ4n) is 4.78. The van der Waals surface area contributed by atoms with E-state index in [-0.39, 0.29) is 0 Å². The largest absolute Gasteiger partial charge is 0.366 e. The summed E-state index contributed by atoms with van der Waals surface area (Å²) in [6.45, 7) is 0.885. The molecular formula is C13H21ClO. The Morgan fingerprint density at radius 1 is 0.933 bits per heavy atom. The van der Waals surface area contributed by atoms with E-state index in [0.29, 0.717) is 6.07 Å². The first kappa shape index (κ1) is 10.4. The number of alkyl halides is 1. The molecule has 2 heteroatoms. The van der Waals surface area contributed by atoms with Crippen molar-refractivity contribution < 1.29 is 4.74 Å². The van der Waals surface area contributed by atoms with Gasteiger partial charge in [0.1, 0.15) is 6.07 Å². The van der Waals surface area contributed by atoms with Crippen molar-refractivity contribution in [2.45, 2.75) is 38.5 Å². The van der Waals surface area contributed by atoms with Gasteiger partial charge in [0.2, 0.25) is 0 Å². The number of halogens is 1. The highest BCUT2D eigenvalue weighted by atomic mass is 35.5. The normalized spacial score (nSPS) is 47.4. The van der Waals surface area contributed by atoms with Gasteiger partial charge in [-0.25, -0.2) is 0 Å². The number of ether oxygens (including phenoxy) is 1. The highest BCUT2D eigenvalue weighted by Gasteiger charge is 2.47. The zero-order valence-electron chi connectivity index (χ0n) is 9.33. The van der Waals surface area contributed by atoms with Crippen LogP contribution in [0, 0.1) is 29.6 Å². The molecule has 0 unspecified atom stereocenters. The first-order valence-corrected chi connectivity index (χ1v) is 7.04. The molecule has 4 aliphatic carbocycles. The van der Waals surface area contributed by atoms with Crippen LogP contribution in [0.1, 0.15) is 38.5 Å². The van der Waals surface area contributed by atoms with E-state index in [1.54, 1.807) is 6.42 Å². The van der Waals surface area contributed by atoms with Crippen molar-refractivity contribution >= 4 is 11.6 Å². The highest BCUT2D eigenvalue weighted by Crippen LogP contribution is 2.57. The Morgan fingerprint density at radius 3 is 2.07 bits per heavy atom. The quantitative estimate of drug-likeness (QED) is 0.527. The van der Waals surface area contributed by atoms with Crippen LogP contribution in [0.3, 0.4) is 0 Å². The molecule has 4 fully saturated rings. The van der Waals surface area contributed by atoms with Crippen molar-refractivity contribution in [2.75, 3.05) is 12.7 Å². The monoisotopic (exact) mass is 228 g/mol. The van der Waals surface area contributed by atoms with Gasteiger partial charge in [-0.3, -0.25) is 0 Å². The van der Waals surface area contributed by atoms with Crippen LogP contribution < -0.4 is 0 Å². The van der Waals surface area contributed by atoms with Gasteiger partial charge in [-0.15, -0.1) is 0 Å². The number of rotatable bonds is 4. The summed E-state index contributed by atoms with van der Waals surface area (Å²) < 4.78 is 5.30. The maximum absolute atomic E-state index is 5.55. The van der Waals surface area contributed by atoms with Gasteiger partial charge < -0.3 is 4.74 Å². The lowest BCUT2D eigenvalue weighted by molar-refractivity contribution is -0.0474. The minimum absolute atomic E-state index is 0.368. The molecule has 0 spiro atoms. The average Bonchev–Trinajstić information content (AvgIpc) is 2.21. The van der Waals surface area contributed by atoms with E-state index < -0.39 is 0 Å². The van der Waals surface area contributed by atoms with E-state index in [2.05, 4.69) is 0 Å². The molecule has 15 heavy (non-hydrogen) atoms. The molecule has 0 N–H and O–H groups in total. The minimum Gasteiger partial charge on any atom is -0.366 e. The molecule has 0 atom stereocenters. The van der Waals surface area contributed by atoms with Gasteiger partial charge in [0.15, 0.2) is 0 Å². The SMILES string of the molecule is ClCOCCC1C2CC3CC(C2)CC1C3. The van der Waals surface area contributed by atoms with Crippen molar-refractivity contribution in [1.82, 2.24) is 0 Å². The third-order valence-corrected chi connectivity index (χ3v) is 5.25. The molecule has 0 heterocycles. The van der Waals surface area contributed by atoms with Gasteiger partial charge >= 0.3 is 0 Å². The second kappa shape index (κ2) is 4.25. The fourth-order valence-corrected chi connectivity index (χ4v) is 4.89. The zero-order chi connectivity index (χ0) is 10.3. The van der Waals surface area contributed by atoms with Gasteiger partial charge in [-0.1, -0.05) is 11.6 Å². The molecule has 86 valence electrons. The smallest absolute Gasteiger partial charge is 0.120 e. The molecule has 0 aromatic heterocycles. The highest BCUT2D eigenvalue weighted by molar-refractivity contribution is 6.17. The van der Waals surface area contributed by atoms with Crippen molar-refractivity contribution in [3.63, 3.8) is 0 Å². The van der Waals surface area contributed by atoms with E-state index in [1.165, 1.54) is 32.1 Å². The Hall–Kier alpha value is 0.250. The maximum atomic E-state index is 5.55. The lowest BCUT2D eigenvalue weighted by Crippen LogP contribution is -2.45. The van der Waals surface area contributed by atoms with E-state index in [9.17, 15) is 0 Å². The molecule has 4 bridgehead atoms. The zero-order valence-corrected chi connectivity index (χ0v) is 10.1. The maximum Gasteiger partial charge on any atom is 0.120 e. The van der Waals surface area contributed by atoms with E-state index in [1.807, 2.05) is 0 Å². The summed E-state index contributed by atoms with van der Waals surface area (Å²) in [6, 6.07) is 0.368. The predicted octanol–water partition coefficient (Wildman–Crippen LogP) is 3.66. The molecule has 0 aromatic rings. The van der Waals surface area contributed by atoms with Crippen LogP contribution in [0.2, 0.25) is 0 Å². The van der Waals surface area contributed by atoms with Crippen molar-refractivity contribution in [1.29, 1.82) is 0 Å². The molecule has 0 aliphatic heterocycles. The Bertz CT molecular complexity index is 201. The molecular weight excluding hydrogens is 208 g/mol. The minimum atomic E-state index is 0.368. The predicted molar refractivity (Wildman–Crippen MR) is 61.8 cm³/mol. The molecule has 0 saturated heterocycles. The summed E-state index contributed by atoms with van der Waals surface area (Å²) >= 11 is 5.55. The van der Waals surface area contributed by atoms with Gasteiger partial charge in [0, 0.05) is 6.61 Å². The Labute approximate surface area is 97.5 Å². The Kier molecular flexibility index (Phi) is 2.95. The van der Waals surface area contributed by atoms with Crippen LogP contribution in [0.25, 0.3) is 0 Å². The molecule has 4 aliphatic rings. The second-order valence-corrected chi connectivity index (χ2v) is 6.12. The van der Waals surface area contributed by atoms with E-state index in [0.717, 1.165) is 36.2 Å². The Morgan fingerprint density at radius 2 is 1.53 bits per heavy atom. The molecule has 0 radical (unpaired) electrons. The summed E-state index contributed by atoms with van der Waals surface area (Å²) in [4.78, 5) is 0. The van der Waals surface area contributed by atoms with Gasteiger partial charge in [0.05, 0.1) is 0 Å². The van der Waals surface area contributed by atoms with E-state index >= 15 is 0 Å². The summed E-state index contributed by atoms with van der Waals surface area (Å²) in [5.41, 5.74) is 0. The molecule has 0 amide bonds. The van der Waals surface area contributed by atoms with Crippen molar-refractivity contribution in [3.8, 4) is 0 Å². The summed E-state index contributed by atoms with van der Waals surface area (Å²) in [7, 11) is 0. The lowest BCUT2D eigenvalue weighted by atomic mass is 9.51. The van der Waals surface area contributed by atoms with Crippen LogP contribution in [0.15, 0.2) is 0 Å². The van der Waals surface area contributed by atoms with Gasteiger partial charge in [-0.2, -0.15) is 0 Å². The summed E-state index contributed by atoms with van der Waals surface area (Å²) in [5, 5.41) is 0. The van der Waals surface area contributed by atoms with Crippen LogP contribution in [-0.2, 0) is 4.74 Å². The summed E-state index contributed by atoms with van der Waals surface area (Å²) in [5.74, 6) is 5.25. The van der Waals surface area contributed by atoms with Crippen LogP contribution in [0.5, 0.6) is 0 Å². The first-order chi connectivity index (χ1) is 7.36. The third kappa shape index (κ3) is 1.93. The van der Waals surface area contributed by atoms with E-state index in [4.69, 9.17) is 16.3 Å². The average molecular weight is 229 g/mol. The van der Waals surface area contributed by atoms with Crippen LogP contribution in [0.4, 0.5) is 0 Å². The molecule has 4 saturated carbocycles. The molecule has 0 aromatic carbocycles. The topological polar surface area (TPSA) is 9.23 Å². The molecule has 4 rings (SSSR count). The van der Waals surface area contributed by atoms with Gasteiger partial charge in [-0.05, 0) is 68.1 Å². The standard InChI is InChI=1S/C13H21ClO/c14-8-15-2-1-13-11-4-9-3-10(6-11)7-12(13)5-9/h9-13H,1-8H2. The number of hydrogen-bond donors (Lipinski definition) is 0.